The maximum Gasteiger partial charge on any atom is 0.303 e. The summed E-state index contributed by atoms with van der Waals surface area (Å²) in [4.78, 5) is 10.5. The SMILES string of the molecule is CC(C)c1cccc(CCC(=O)O)c1Br. The highest BCUT2D eigenvalue weighted by Crippen LogP contribution is 2.28. The zero-order chi connectivity index (χ0) is 11.4. The summed E-state index contributed by atoms with van der Waals surface area (Å²) in [5.41, 5.74) is 2.31. The van der Waals surface area contributed by atoms with Gasteiger partial charge >= 0.3 is 5.97 Å². The molecular weight excluding hydrogens is 256 g/mol. The molecule has 3 heteroatoms. The minimum Gasteiger partial charge on any atom is -0.481 e. The minimum atomic E-state index is -0.753. The molecule has 1 N–H and O–H groups in total. The van der Waals surface area contributed by atoms with Crippen LogP contribution in [0.25, 0.3) is 0 Å². The Morgan fingerprint density at radius 3 is 2.67 bits per heavy atom. The number of hydrogen-bond acceptors (Lipinski definition) is 1. The second-order valence-corrected chi connectivity index (χ2v) is 4.66. The Labute approximate surface area is 98.4 Å². The van der Waals surface area contributed by atoms with Gasteiger partial charge in [0.2, 0.25) is 0 Å². The van der Waals surface area contributed by atoms with Gasteiger partial charge in [0.05, 0.1) is 0 Å². The van der Waals surface area contributed by atoms with Crippen LogP contribution in [-0.2, 0) is 11.2 Å². The fourth-order valence-corrected chi connectivity index (χ4v) is 2.40. The second-order valence-electron chi connectivity index (χ2n) is 3.87. The van der Waals surface area contributed by atoms with Crippen molar-refractivity contribution in [2.75, 3.05) is 0 Å². The van der Waals surface area contributed by atoms with E-state index in [0.29, 0.717) is 12.3 Å². The Bertz CT molecular complexity index is 359. The van der Waals surface area contributed by atoms with Gasteiger partial charge < -0.3 is 5.11 Å². The molecule has 0 atom stereocenters. The summed E-state index contributed by atoms with van der Waals surface area (Å²) in [6.07, 6.45) is 0.761. The van der Waals surface area contributed by atoms with E-state index < -0.39 is 5.97 Å². The average Bonchev–Trinajstić information content (AvgIpc) is 2.15. The largest absolute Gasteiger partial charge is 0.481 e. The van der Waals surface area contributed by atoms with Gasteiger partial charge in [-0.25, -0.2) is 0 Å². The molecule has 1 rings (SSSR count). The number of aryl methyl sites for hydroxylation is 1. The maximum atomic E-state index is 10.5. The molecule has 1 aromatic rings. The topological polar surface area (TPSA) is 37.3 Å². The number of rotatable bonds is 4. The average molecular weight is 271 g/mol. The lowest BCUT2D eigenvalue weighted by atomic mass is 9.99. The summed E-state index contributed by atoms with van der Waals surface area (Å²) in [5, 5.41) is 8.63. The van der Waals surface area contributed by atoms with E-state index in [1.54, 1.807) is 0 Å². The third-order valence-electron chi connectivity index (χ3n) is 2.34. The molecule has 2 nitrogen and oxygen atoms in total. The fourth-order valence-electron chi connectivity index (χ4n) is 1.48. The number of carbonyl (C=O) groups is 1. The number of carboxylic acid groups (broad SMARTS) is 1. The molecular formula is C12H15BrO2. The molecule has 0 saturated carbocycles. The number of halogens is 1. The first kappa shape index (κ1) is 12.2. The molecule has 0 aliphatic carbocycles. The van der Waals surface area contributed by atoms with Gasteiger partial charge in [-0.15, -0.1) is 0 Å². The van der Waals surface area contributed by atoms with Crippen molar-refractivity contribution >= 4 is 21.9 Å². The molecule has 0 aromatic heterocycles. The Morgan fingerprint density at radius 2 is 2.13 bits per heavy atom. The molecule has 0 heterocycles. The minimum absolute atomic E-state index is 0.181. The van der Waals surface area contributed by atoms with Gasteiger partial charge in [0.1, 0.15) is 0 Å². The van der Waals surface area contributed by atoms with Gasteiger partial charge in [-0.2, -0.15) is 0 Å². The summed E-state index contributed by atoms with van der Waals surface area (Å²) >= 11 is 3.54. The van der Waals surface area contributed by atoms with Gasteiger partial charge in [0.15, 0.2) is 0 Å². The fraction of sp³-hybridized carbons (Fsp3) is 0.417. The van der Waals surface area contributed by atoms with Crippen LogP contribution in [0.1, 0.15) is 37.3 Å². The molecule has 0 unspecified atom stereocenters. The van der Waals surface area contributed by atoms with Crippen molar-refractivity contribution in [1.29, 1.82) is 0 Å². The zero-order valence-corrected chi connectivity index (χ0v) is 10.5. The summed E-state index contributed by atoms with van der Waals surface area (Å²) in [6.45, 7) is 4.25. The molecule has 0 bridgehead atoms. The molecule has 82 valence electrons. The van der Waals surface area contributed by atoms with Crippen molar-refractivity contribution in [3.8, 4) is 0 Å². The third kappa shape index (κ3) is 3.34. The molecule has 0 amide bonds. The van der Waals surface area contributed by atoms with E-state index in [4.69, 9.17) is 5.11 Å². The van der Waals surface area contributed by atoms with Crippen molar-refractivity contribution in [2.24, 2.45) is 0 Å². The highest BCUT2D eigenvalue weighted by Gasteiger charge is 2.09. The summed E-state index contributed by atoms with van der Waals surface area (Å²) in [5.74, 6) is -0.305. The van der Waals surface area contributed by atoms with E-state index in [0.717, 1.165) is 10.0 Å². The van der Waals surface area contributed by atoms with Crippen LogP contribution < -0.4 is 0 Å². The van der Waals surface area contributed by atoms with Crippen molar-refractivity contribution in [3.05, 3.63) is 33.8 Å². The van der Waals surface area contributed by atoms with Crippen LogP contribution in [0.4, 0.5) is 0 Å². The number of hydrogen-bond donors (Lipinski definition) is 1. The van der Waals surface area contributed by atoms with Crippen LogP contribution >= 0.6 is 15.9 Å². The molecule has 0 saturated heterocycles. The molecule has 0 fully saturated rings. The molecule has 15 heavy (non-hydrogen) atoms. The van der Waals surface area contributed by atoms with Crippen LogP contribution in [0, 0.1) is 0 Å². The van der Waals surface area contributed by atoms with Crippen LogP contribution in [-0.4, -0.2) is 11.1 Å². The molecule has 1 aromatic carbocycles. The Hall–Kier alpha value is -0.830. The Kier molecular flexibility index (Phi) is 4.33. The highest BCUT2D eigenvalue weighted by atomic mass is 79.9. The van der Waals surface area contributed by atoms with Gasteiger partial charge in [-0.1, -0.05) is 48.0 Å². The maximum absolute atomic E-state index is 10.5. The van der Waals surface area contributed by atoms with E-state index in [1.807, 2.05) is 12.1 Å². The van der Waals surface area contributed by atoms with Crippen molar-refractivity contribution in [2.45, 2.75) is 32.6 Å². The molecule has 0 radical (unpaired) electrons. The van der Waals surface area contributed by atoms with Crippen molar-refractivity contribution in [3.63, 3.8) is 0 Å². The van der Waals surface area contributed by atoms with E-state index >= 15 is 0 Å². The first-order chi connectivity index (χ1) is 7.02. The first-order valence-electron chi connectivity index (χ1n) is 5.01. The summed E-state index contributed by atoms with van der Waals surface area (Å²) in [7, 11) is 0. The van der Waals surface area contributed by atoms with E-state index in [9.17, 15) is 4.79 Å². The predicted molar refractivity (Wildman–Crippen MR) is 64.2 cm³/mol. The van der Waals surface area contributed by atoms with Crippen molar-refractivity contribution < 1.29 is 9.90 Å². The van der Waals surface area contributed by atoms with Gasteiger partial charge in [0.25, 0.3) is 0 Å². The number of benzene rings is 1. The normalized spacial score (nSPS) is 10.7. The first-order valence-corrected chi connectivity index (χ1v) is 5.80. The predicted octanol–water partition coefficient (Wildman–Crippen LogP) is 3.59. The summed E-state index contributed by atoms with van der Waals surface area (Å²) < 4.78 is 1.06. The smallest absolute Gasteiger partial charge is 0.303 e. The van der Waals surface area contributed by atoms with Crippen LogP contribution in [0.5, 0.6) is 0 Å². The quantitative estimate of drug-likeness (QED) is 0.908. The standard InChI is InChI=1S/C12H15BrO2/c1-8(2)10-5-3-4-9(12(10)13)6-7-11(14)15/h3-5,8H,6-7H2,1-2H3,(H,14,15). The summed E-state index contributed by atoms with van der Waals surface area (Å²) in [6, 6.07) is 6.02. The number of carboxylic acids is 1. The monoisotopic (exact) mass is 270 g/mol. The van der Waals surface area contributed by atoms with E-state index in [1.165, 1.54) is 5.56 Å². The van der Waals surface area contributed by atoms with Crippen LogP contribution in [0.15, 0.2) is 22.7 Å². The zero-order valence-electron chi connectivity index (χ0n) is 8.96. The third-order valence-corrected chi connectivity index (χ3v) is 3.31. The molecule has 0 aliphatic rings. The Morgan fingerprint density at radius 1 is 1.47 bits per heavy atom. The van der Waals surface area contributed by atoms with E-state index in [2.05, 4.69) is 35.8 Å². The Balaban J connectivity index is 2.89. The van der Waals surface area contributed by atoms with Gasteiger partial charge in [-0.3, -0.25) is 4.79 Å². The number of aliphatic carboxylic acids is 1. The lowest BCUT2D eigenvalue weighted by Crippen LogP contribution is -2.00. The lowest BCUT2D eigenvalue weighted by molar-refractivity contribution is -0.136. The molecule has 0 spiro atoms. The van der Waals surface area contributed by atoms with Crippen LogP contribution in [0.2, 0.25) is 0 Å². The lowest BCUT2D eigenvalue weighted by Gasteiger charge is -2.11. The van der Waals surface area contributed by atoms with Crippen LogP contribution in [0.3, 0.4) is 0 Å². The van der Waals surface area contributed by atoms with Gasteiger partial charge in [-0.05, 0) is 23.5 Å². The van der Waals surface area contributed by atoms with E-state index in [-0.39, 0.29) is 6.42 Å². The second kappa shape index (κ2) is 5.31. The van der Waals surface area contributed by atoms with Crippen molar-refractivity contribution in [1.82, 2.24) is 0 Å². The molecule has 0 aliphatic heterocycles. The van der Waals surface area contributed by atoms with Gasteiger partial charge in [0, 0.05) is 10.9 Å². The highest BCUT2D eigenvalue weighted by molar-refractivity contribution is 9.10.